The third-order valence-corrected chi connectivity index (χ3v) is 3.58. The fourth-order valence-electron chi connectivity index (χ4n) is 2.49. The molecule has 1 aliphatic carbocycles. The number of rotatable bonds is 6. The second-order valence-electron chi connectivity index (χ2n) is 5.35. The molecule has 0 aromatic carbocycles. The Kier molecular flexibility index (Phi) is 5.81. The molecule has 0 bridgehead atoms. The predicted octanol–water partition coefficient (Wildman–Crippen LogP) is 2.06. The lowest BCUT2D eigenvalue weighted by Crippen LogP contribution is -2.40. The van der Waals surface area contributed by atoms with Gasteiger partial charge in [-0.15, -0.1) is 0 Å². The van der Waals surface area contributed by atoms with Crippen LogP contribution in [0.4, 0.5) is 0 Å². The quantitative estimate of drug-likeness (QED) is 0.728. The van der Waals surface area contributed by atoms with E-state index in [-0.39, 0.29) is 11.9 Å². The van der Waals surface area contributed by atoms with E-state index in [0.29, 0.717) is 24.8 Å². The van der Waals surface area contributed by atoms with E-state index in [1.54, 1.807) is 0 Å². The smallest absolute Gasteiger partial charge is 0.220 e. The highest BCUT2D eigenvalue weighted by atomic mass is 16.1. The Morgan fingerprint density at radius 3 is 2.50 bits per heavy atom. The molecule has 1 aliphatic rings. The van der Waals surface area contributed by atoms with Gasteiger partial charge in [-0.2, -0.15) is 0 Å². The molecule has 1 amide bonds. The maximum Gasteiger partial charge on any atom is 0.220 e. The zero-order valence-corrected chi connectivity index (χ0v) is 10.7. The van der Waals surface area contributed by atoms with E-state index in [2.05, 4.69) is 19.2 Å². The molecule has 0 aromatic heterocycles. The maximum atomic E-state index is 11.8. The first-order chi connectivity index (χ1) is 7.63. The summed E-state index contributed by atoms with van der Waals surface area (Å²) >= 11 is 0. The van der Waals surface area contributed by atoms with Crippen LogP contribution in [0, 0.1) is 11.8 Å². The Bertz CT molecular complexity index is 210. The molecule has 1 saturated carbocycles. The number of hydrogen-bond donors (Lipinski definition) is 2. The number of carbonyl (C=O) groups is 1. The highest BCUT2D eigenvalue weighted by molar-refractivity contribution is 5.76. The number of nitrogens with one attached hydrogen (secondary N) is 1. The molecule has 1 atom stereocenters. The summed E-state index contributed by atoms with van der Waals surface area (Å²) in [5.41, 5.74) is 5.56. The fourth-order valence-corrected chi connectivity index (χ4v) is 2.49. The molecule has 16 heavy (non-hydrogen) atoms. The first-order valence-electron chi connectivity index (χ1n) is 6.63. The van der Waals surface area contributed by atoms with E-state index in [1.165, 1.54) is 25.7 Å². The normalized spacial score (nSPS) is 19.0. The van der Waals surface area contributed by atoms with E-state index < -0.39 is 0 Å². The highest BCUT2D eigenvalue weighted by Gasteiger charge is 2.21. The van der Waals surface area contributed by atoms with Crippen LogP contribution >= 0.6 is 0 Å². The number of hydrogen-bond acceptors (Lipinski definition) is 2. The Hall–Kier alpha value is -0.570. The maximum absolute atomic E-state index is 11.8. The van der Waals surface area contributed by atoms with Gasteiger partial charge in [-0.3, -0.25) is 4.79 Å². The number of carbonyl (C=O) groups excluding carboxylic acids is 1. The van der Waals surface area contributed by atoms with Gasteiger partial charge >= 0.3 is 0 Å². The average molecular weight is 226 g/mol. The van der Waals surface area contributed by atoms with Gasteiger partial charge in [-0.25, -0.2) is 0 Å². The molecule has 0 aliphatic heterocycles. The van der Waals surface area contributed by atoms with E-state index in [9.17, 15) is 4.79 Å². The van der Waals surface area contributed by atoms with E-state index in [1.807, 2.05) is 0 Å². The lowest BCUT2D eigenvalue weighted by Gasteiger charge is -2.22. The minimum Gasteiger partial charge on any atom is -0.353 e. The van der Waals surface area contributed by atoms with E-state index in [0.717, 1.165) is 6.42 Å². The van der Waals surface area contributed by atoms with Crippen LogP contribution in [0.3, 0.4) is 0 Å². The van der Waals surface area contributed by atoms with Gasteiger partial charge in [0.05, 0.1) is 0 Å². The molecule has 0 saturated heterocycles. The summed E-state index contributed by atoms with van der Waals surface area (Å²) < 4.78 is 0. The van der Waals surface area contributed by atoms with Gasteiger partial charge in [0, 0.05) is 12.5 Å². The molecular weight excluding hydrogens is 200 g/mol. The van der Waals surface area contributed by atoms with Gasteiger partial charge < -0.3 is 11.1 Å². The second-order valence-corrected chi connectivity index (χ2v) is 5.35. The summed E-state index contributed by atoms with van der Waals surface area (Å²) in [7, 11) is 0. The van der Waals surface area contributed by atoms with Gasteiger partial charge in [0.1, 0.15) is 0 Å². The Morgan fingerprint density at radius 1 is 1.38 bits per heavy atom. The summed E-state index contributed by atoms with van der Waals surface area (Å²) in [4.78, 5) is 11.8. The molecule has 1 rings (SSSR count). The molecule has 94 valence electrons. The van der Waals surface area contributed by atoms with Crippen molar-refractivity contribution in [2.45, 2.75) is 58.4 Å². The molecule has 0 radical (unpaired) electrons. The molecule has 0 spiro atoms. The highest BCUT2D eigenvalue weighted by Crippen LogP contribution is 2.27. The van der Waals surface area contributed by atoms with Crippen LogP contribution in [0.5, 0.6) is 0 Å². The minimum atomic E-state index is 0.221. The SMILES string of the molecule is CC(C)C(CCN)NC(=O)CC1CCCC1. The first-order valence-corrected chi connectivity index (χ1v) is 6.63. The van der Waals surface area contributed by atoms with Crippen LogP contribution in [-0.2, 0) is 4.79 Å². The average Bonchev–Trinajstić information content (AvgIpc) is 2.69. The van der Waals surface area contributed by atoms with Crippen molar-refractivity contribution in [3.8, 4) is 0 Å². The van der Waals surface area contributed by atoms with Crippen molar-refractivity contribution in [2.75, 3.05) is 6.54 Å². The van der Waals surface area contributed by atoms with Crippen molar-refractivity contribution >= 4 is 5.91 Å². The third kappa shape index (κ3) is 4.52. The molecule has 3 nitrogen and oxygen atoms in total. The molecule has 3 heteroatoms. The standard InChI is InChI=1S/C13H26N2O/c1-10(2)12(7-8-14)15-13(16)9-11-5-3-4-6-11/h10-12H,3-9,14H2,1-2H3,(H,15,16). The third-order valence-electron chi connectivity index (χ3n) is 3.58. The van der Waals surface area contributed by atoms with Crippen molar-refractivity contribution in [1.29, 1.82) is 0 Å². The summed E-state index contributed by atoms with van der Waals surface area (Å²) in [5, 5.41) is 3.13. The Morgan fingerprint density at radius 2 is 2.00 bits per heavy atom. The van der Waals surface area contributed by atoms with Crippen molar-refractivity contribution in [1.82, 2.24) is 5.32 Å². The minimum absolute atomic E-state index is 0.221. The van der Waals surface area contributed by atoms with Crippen molar-refractivity contribution in [3.63, 3.8) is 0 Å². The number of amides is 1. The Balaban J connectivity index is 2.29. The van der Waals surface area contributed by atoms with Crippen molar-refractivity contribution in [2.24, 2.45) is 17.6 Å². The summed E-state index contributed by atoms with van der Waals surface area (Å²) in [6.45, 7) is 4.92. The molecule has 0 aromatic rings. The van der Waals surface area contributed by atoms with Crippen LogP contribution in [0.1, 0.15) is 52.4 Å². The predicted molar refractivity (Wildman–Crippen MR) is 67.0 cm³/mol. The van der Waals surface area contributed by atoms with Crippen LogP contribution in [0.25, 0.3) is 0 Å². The van der Waals surface area contributed by atoms with Gasteiger partial charge in [0.25, 0.3) is 0 Å². The first kappa shape index (κ1) is 13.5. The van der Waals surface area contributed by atoms with Gasteiger partial charge in [0.15, 0.2) is 0 Å². The zero-order valence-electron chi connectivity index (χ0n) is 10.7. The molecule has 3 N–H and O–H groups in total. The van der Waals surface area contributed by atoms with Gasteiger partial charge in [-0.1, -0.05) is 26.7 Å². The van der Waals surface area contributed by atoms with Crippen LogP contribution in [0.2, 0.25) is 0 Å². The second kappa shape index (κ2) is 6.89. The number of nitrogens with two attached hydrogens (primary N) is 1. The Labute approximate surface area is 99.2 Å². The van der Waals surface area contributed by atoms with Crippen LogP contribution < -0.4 is 11.1 Å². The molecule has 0 heterocycles. The summed E-state index contributed by atoms with van der Waals surface area (Å²) in [6, 6.07) is 0.249. The van der Waals surface area contributed by atoms with Gasteiger partial charge in [0.2, 0.25) is 5.91 Å². The zero-order chi connectivity index (χ0) is 12.0. The van der Waals surface area contributed by atoms with Crippen molar-refractivity contribution in [3.05, 3.63) is 0 Å². The molecular formula is C13H26N2O. The lowest BCUT2D eigenvalue weighted by molar-refractivity contribution is -0.123. The van der Waals surface area contributed by atoms with Crippen LogP contribution in [-0.4, -0.2) is 18.5 Å². The molecule has 1 unspecified atom stereocenters. The van der Waals surface area contributed by atoms with Gasteiger partial charge in [-0.05, 0) is 37.6 Å². The lowest BCUT2D eigenvalue weighted by atomic mass is 9.99. The monoisotopic (exact) mass is 226 g/mol. The van der Waals surface area contributed by atoms with Crippen molar-refractivity contribution < 1.29 is 4.79 Å². The summed E-state index contributed by atoms with van der Waals surface area (Å²) in [5.74, 6) is 1.32. The fraction of sp³-hybridized carbons (Fsp3) is 0.923. The van der Waals surface area contributed by atoms with E-state index in [4.69, 9.17) is 5.73 Å². The van der Waals surface area contributed by atoms with Crippen LogP contribution in [0.15, 0.2) is 0 Å². The molecule has 1 fully saturated rings. The topological polar surface area (TPSA) is 55.1 Å². The largest absolute Gasteiger partial charge is 0.353 e. The van der Waals surface area contributed by atoms with E-state index >= 15 is 0 Å². The summed E-state index contributed by atoms with van der Waals surface area (Å²) in [6.07, 6.45) is 6.66.